The number of benzene rings is 1. The third-order valence-electron chi connectivity index (χ3n) is 5.08. The fourth-order valence-corrected chi connectivity index (χ4v) is 3.65. The van der Waals surface area contributed by atoms with Gasteiger partial charge in [-0.1, -0.05) is 18.2 Å². The number of hydrogen-bond donors (Lipinski definition) is 0. The van der Waals surface area contributed by atoms with Gasteiger partial charge in [0.1, 0.15) is 11.5 Å². The standard InChI is InChI=1S/C20H23NO3/c22-20(18-12-17(18)19-9-5-11-23-19)21-10-4-6-15(13-21)14-24-16-7-2-1-3-8-16/h1-3,5,7-9,11,15,17-18H,4,6,10,12-14H2/t15?,17-,18-/m1/s1. The van der Waals surface area contributed by atoms with Crippen LogP contribution in [0, 0.1) is 11.8 Å². The molecule has 1 aliphatic carbocycles. The van der Waals surface area contributed by atoms with Crippen LogP contribution < -0.4 is 4.74 Å². The molecule has 1 unspecified atom stereocenters. The Morgan fingerprint density at radius 2 is 2.08 bits per heavy atom. The molecule has 4 nitrogen and oxygen atoms in total. The minimum Gasteiger partial charge on any atom is -0.493 e. The molecule has 2 aliphatic rings. The number of carbonyl (C=O) groups is 1. The Labute approximate surface area is 142 Å². The first kappa shape index (κ1) is 15.3. The zero-order chi connectivity index (χ0) is 16.4. The lowest BCUT2D eigenvalue weighted by atomic mass is 9.98. The third kappa shape index (κ3) is 3.32. The fraction of sp³-hybridized carbons (Fsp3) is 0.450. The van der Waals surface area contributed by atoms with Crippen molar-refractivity contribution in [3.05, 3.63) is 54.5 Å². The van der Waals surface area contributed by atoms with E-state index in [9.17, 15) is 4.79 Å². The van der Waals surface area contributed by atoms with Crippen LogP contribution in [0.1, 0.15) is 30.9 Å². The van der Waals surface area contributed by atoms with Crippen LogP contribution in [0.25, 0.3) is 0 Å². The van der Waals surface area contributed by atoms with Crippen LogP contribution in [0.15, 0.2) is 53.1 Å². The van der Waals surface area contributed by atoms with Crippen molar-refractivity contribution in [3.63, 3.8) is 0 Å². The van der Waals surface area contributed by atoms with Gasteiger partial charge >= 0.3 is 0 Å². The molecule has 1 amide bonds. The smallest absolute Gasteiger partial charge is 0.226 e. The predicted octanol–water partition coefficient (Wildman–Crippen LogP) is 3.70. The van der Waals surface area contributed by atoms with Gasteiger partial charge in [0.05, 0.1) is 12.9 Å². The highest BCUT2D eigenvalue weighted by molar-refractivity contribution is 5.83. The second-order valence-electron chi connectivity index (χ2n) is 6.88. The number of rotatable bonds is 5. The number of hydrogen-bond acceptors (Lipinski definition) is 3. The van der Waals surface area contributed by atoms with Crippen molar-refractivity contribution in [1.29, 1.82) is 0 Å². The number of piperidine rings is 1. The molecule has 24 heavy (non-hydrogen) atoms. The topological polar surface area (TPSA) is 42.7 Å². The summed E-state index contributed by atoms with van der Waals surface area (Å²) in [4.78, 5) is 14.8. The highest BCUT2D eigenvalue weighted by Crippen LogP contribution is 2.48. The number of likely N-dealkylation sites (tertiary alicyclic amines) is 1. The minimum absolute atomic E-state index is 0.116. The molecule has 2 fully saturated rings. The zero-order valence-corrected chi connectivity index (χ0v) is 13.8. The van der Waals surface area contributed by atoms with Crippen LogP contribution in [-0.2, 0) is 4.79 Å². The number of furan rings is 1. The molecule has 126 valence electrons. The first-order chi connectivity index (χ1) is 11.8. The second-order valence-corrected chi connectivity index (χ2v) is 6.88. The molecule has 1 aliphatic heterocycles. The molecule has 4 rings (SSSR count). The van der Waals surface area contributed by atoms with E-state index in [0.29, 0.717) is 18.4 Å². The predicted molar refractivity (Wildman–Crippen MR) is 90.8 cm³/mol. The first-order valence-corrected chi connectivity index (χ1v) is 8.81. The average Bonchev–Trinajstić information content (AvgIpc) is 3.25. The summed E-state index contributed by atoms with van der Waals surface area (Å²) in [6.07, 6.45) is 4.80. The lowest BCUT2D eigenvalue weighted by Crippen LogP contribution is -2.42. The van der Waals surface area contributed by atoms with Crippen molar-refractivity contribution < 1.29 is 13.9 Å². The molecular formula is C20H23NO3. The van der Waals surface area contributed by atoms with Crippen LogP contribution in [0.2, 0.25) is 0 Å². The van der Waals surface area contributed by atoms with E-state index in [1.165, 1.54) is 0 Å². The molecule has 2 heterocycles. The van der Waals surface area contributed by atoms with E-state index >= 15 is 0 Å². The van der Waals surface area contributed by atoms with Gasteiger partial charge in [0.25, 0.3) is 0 Å². The van der Waals surface area contributed by atoms with Gasteiger partial charge in [-0.25, -0.2) is 0 Å². The summed E-state index contributed by atoms with van der Waals surface area (Å²) in [5.41, 5.74) is 0. The Balaban J connectivity index is 1.29. The summed E-state index contributed by atoms with van der Waals surface area (Å²) in [7, 11) is 0. The zero-order valence-electron chi connectivity index (χ0n) is 13.8. The van der Waals surface area contributed by atoms with Crippen LogP contribution in [0.5, 0.6) is 5.75 Å². The van der Waals surface area contributed by atoms with Crippen molar-refractivity contribution in [2.24, 2.45) is 11.8 Å². The molecule has 0 bridgehead atoms. The highest BCUT2D eigenvalue weighted by atomic mass is 16.5. The first-order valence-electron chi connectivity index (χ1n) is 8.81. The van der Waals surface area contributed by atoms with Gasteiger partial charge in [0.15, 0.2) is 0 Å². The largest absolute Gasteiger partial charge is 0.493 e. The molecule has 4 heteroatoms. The maximum absolute atomic E-state index is 12.7. The number of carbonyl (C=O) groups excluding carboxylic acids is 1. The Morgan fingerprint density at radius 3 is 2.88 bits per heavy atom. The lowest BCUT2D eigenvalue weighted by molar-refractivity contribution is -0.134. The van der Waals surface area contributed by atoms with E-state index in [-0.39, 0.29) is 11.8 Å². The van der Waals surface area contributed by atoms with Crippen molar-refractivity contribution in [3.8, 4) is 5.75 Å². The van der Waals surface area contributed by atoms with Gasteiger partial charge < -0.3 is 14.1 Å². The van der Waals surface area contributed by atoms with Gasteiger partial charge in [0, 0.05) is 30.8 Å². The van der Waals surface area contributed by atoms with E-state index in [4.69, 9.17) is 9.15 Å². The van der Waals surface area contributed by atoms with Crippen molar-refractivity contribution in [1.82, 2.24) is 4.90 Å². The number of nitrogens with zero attached hydrogens (tertiary/aromatic N) is 1. The molecule has 1 aromatic heterocycles. The summed E-state index contributed by atoms with van der Waals surface area (Å²) in [6.45, 7) is 2.37. The molecule has 3 atom stereocenters. The Bertz CT molecular complexity index is 667. The number of amides is 1. The number of para-hydroxylation sites is 1. The maximum atomic E-state index is 12.7. The Hall–Kier alpha value is -2.23. The van der Waals surface area contributed by atoms with Crippen molar-refractivity contribution in [2.75, 3.05) is 19.7 Å². The summed E-state index contributed by atoms with van der Waals surface area (Å²) in [5, 5.41) is 0. The second kappa shape index (κ2) is 6.71. The lowest BCUT2D eigenvalue weighted by Gasteiger charge is -2.33. The molecule has 1 saturated heterocycles. The van der Waals surface area contributed by atoms with Gasteiger partial charge in [-0.2, -0.15) is 0 Å². The summed E-state index contributed by atoms with van der Waals surface area (Å²) in [5.74, 6) is 2.97. The molecule has 1 saturated carbocycles. The van der Waals surface area contributed by atoms with E-state index in [0.717, 1.165) is 43.9 Å². The average molecular weight is 325 g/mol. The third-order valence-corrected chi connectivity index (χ3v) is 5.08. The Morgan fingerprint density at radius 1 is 1.21 bits per heavy atom. The van der Waals surface area contributed by atoms with E-state index < -0.39 is 0 Å². The normalized spacial score (nSPS) is 26.2. The molecule has 0 N–H and O–H groups in total. The summed E-state index contributed by atoms with van der Waals surface area (Å²) < 4.78 is 11.3. The molecule has 0 radical (unpaired) electrons. The molecule has 1 aromatic carbocycles. The quantitative estimate of drug-likeness (QED) is 0.842. The fourth-order valence-electron chi connectivity index (χ4n) is 3.65. The van der Waals surface area contributed by atoms with Gasteiger partial charge in [-0.05, 0) is 43.5 Å². The van der Waals surface area contributed by atoms with Crippen LogP contribution in [0.4, 0.5) is 0 Å². The van der Waals surface area contributed by atoms with Crippen LogP contribution in [0.3, 0.4) is 0 Å². The van der Waals surface area contributed by atoms with Gasteiger partial charge in [0.2, 0.25) is 5.91 Å². The van der Waals surface area contributed by atoms with E-state index in [1.54, 1.807) is 6.26 Å². The van der Waals surface area contributed by atoms with Gasteiger partial charge in [-0.3, -0.25) is 4.79 Å². The number of ether oxygens (including phenoxy) is 1. The van der Waals surface area contributed by atoms with Crippen molar-refractivity contribution >= 4 is 5.91 Å². The molecular weight excluding hydrogens is 302 g/mol. The Kier molecular flexibility index (Phi) is 4.28. The summed E-state index contributed by atoms with van der Waals surface area (Å²) in [6, 6.07) is 13.8. The van der Waals surface area contributed by atoms with Gasteiger partial charge in [-0.15, -0.1) is 0 Å². The summed E-state index contributed by atoms with van der Waals surface area (Å²) >= 11 is 0. The van der Waals surface area contributed by atoms with Crippen LogP contribution in [-0.4, -0.2) is 30.5 Å². The maximum Gasteiger partial charge on any atom is 0.226 e. The van der Waals surface area contributed by atoms with E-state index in [2.05, 4.69) is 0 Å². The highest BCUT2D eigenvalue weighted by Gasteiger charge is 2.47. The monoisotopic (exact) mass is 325 g/mol. The van der Waals surface area contributed by atoms with Crippen LogP contribution >= 0.6 is 0 Å². The molecule has 0 spiro atoms. The van der Waals surface area contributed by atoms with Crippen molar-refractivity contribution in [2.45, 2.75) is 25.2 Å². The minimum atomic E-state index is 0.116. The molecule has 2 aromatic rings. The SMILES string of the molecule is O=C([C@@H]1C[C@H]1c1ccco1)N1CCCC(COc2ccccc2)C1. The van der Waals surface area contributed by atoms with E-state index in [1.807, 2.05) is 47.4 Å².